The molecule has 9 nitrogen and oxygen atoms in total. The zero-order valence-electron chi connectivity index (χ0n) is 14.7. The number of nitrogens with one attached hydrogen (secondary N) is 1. The number of hydrazone groups is 1. The fourth-order valence-electron chi connectivity index (χ4n) is 2.14. The van der Waals surface area contributed by atoms with Crippen LogP contribution in [0.25, 0.3) is 0 Å². The maximum Gasteiger partial charge on any atom is 0.343 e. The summed E-state index contributed by atoms with van der Waals surface area (Å²) in [7, 11) is 1.27. The zero-order chi connectivity index (χ0) is 19.8. The van der Waals surface area contributed by atoms with Crippen molar-refractivity contribution < 1.29 is 24.0 Å². The van der Waals surface area contributed by atoms with Crippen LogP contribution in [0.4, 0.5) is 5.69 Å². The van der Waals surface area contributed by atoms with Crippen molar-refractivity contribution in [3.05, 3.63) is 69.3 Å². The molecule has 0 bridgehead atoms. The molecule has 0 aromatic heterocycles. The molecule has 0 unspecified atom stereocenters. The van der Waals surface area contributed by atoms with Crippen molar-refractivity contribution in [3.8, 4) is 5.75 Å². The number of hydrogen-bond donors (Lipinski definition) is 1. The van der Waals surface area contributed by atoms with Gasteiger partial charge in [0.15, 0.2) is 6.61 Å². The van der Waals surface area contributed by atoms with Crippen LogP contribution in [-0.4, -0.2) is 36.7 Å². The van der Waals surface area contributed by atoms with Crippen LogP contribution in [0.2, 0.25) is 0 Å². The Morgan fingerprint density at radius 2 is 1.93 bits per heavy atom. The number of carbonyl (C=O) groups excluding carboxylic acids is 2. The number of carbonyl (C=O) groups is 2. The van der Waals surface area contributed by atoms with E-state index < -0.39 is 16.8 Å². The van der Waals surface area contributed by atoms with Crippen LogP contribution in [0, 0.1) is 17.0 Å². The van der Waals surface area contributed by atoms with Gasteiger partial charge in [0.2, 0.25) is 0 Å². The Kier molecular flexibility index (Phi) is 6.59. The molecule has 0 aliphatic rings. The molecule has 1 N–H and O–H groups in total. The summed E-state index contributed by atoms with van der Waals surface area (Å²) in [6.45, 7) is 1.31. The van der Waals surface area contributed by atoms with Gasteiger partial charge >= 0.3 is 5.97 Å². The highest BCUT2D eigenvalue weighted by Gasteiger charge is 2.17. The minimum atomic E-state index is -0.550. The van der Waals surface area contributed by atoms with Gasteiger partial charge in [-0.15, -0.1) is 0 Å². The molecule has 0 atom stereocenters. The summed E-state index contributed by atoms with van der Waals surface area (Å²) in [4.78, 5) is 33.6. The minimum absolute atomic E-state index is 0.130. The third kappa shape index (κ3) is 5.36. The summed E-state index contributed by atoms with van der Waals surface area (Å²) in [6, 6.07) is 10.9. The summed E-state index contributed by atoms with van der Waals surface area (Å²) >= 11 is 0. The lowest BCUT2D eigenvalue weighted by Crippen LogP contribution is -2.19. The summed E-state index contributed by atoms with van der Waals surface area (Å²) in [5.41, 5.74) is 3.32. The Balaban J connectivity index is 1.97. The molecule has 9 heteroatoms. The number of amides is 1. The molecule has 2 aromatic rings. The lowest BCUT2D eigenvalue weighted by Gasteiger charge is -2.05. The van der Waals surface area contributed by atoms with E-state index in [1.807, 2.05) is 0 Å². The van der Waals surface area contributed by atoms with E-state index >= 15 is 0 Å². The van der Waals surface area contributed by atoms with Gasteiger partial charge in [-0.05, 0) is 42.8 Å². The number of rotatable bonds is 7. The monoisotopic (exact) mass is 371 g/mol. The highest BCUT2D eigenvalue weighted by molar-refractivity contribution is 5.97. The maximum atomic E-state index is 12.2. The molecule has 140 valence electrons. The molecule has 0 heterocycles. The van der Waals surface area contributed by atoms with Gasteiger partial charge < -0.3 is 9.47 Å². The van der Waals surface area contributed by atoms with E-state index in [-0.39, 0.29) is 23.4 Å². The molecule has 0 saturated heterocycles. The Morgan fingerprint density at radius 3 is 2.56 bits per heavy atom. The maximum absolute atomic E-state index is 12.2. The Labute approximate surface area is 154 Å². The first-order valence-corrected chi connectivity index (χ1v) is 7.79. The third-order valence-electron chi connectivity index (χ3n) is 3.59. The predicted octanol–water partition coefficient (Wildman–Crippen LogP) is 2.22. The van der Waals surface area contributed by atoms with Crippen LogP contribution in [0.15, 0.2) is 47.6 Å². The predicted molar refractivity (Wildman–Crippen MR) is 96.8 cm³/mol. The number of esters is 1. The van der Waals surface area contributed by atoms with Gasteiger partial charge in [-0.1, -0.05) is 6.07 Å². The smallest absolute Gasteiger partial charge is 0.343 e. The minimum Gasteiger partial charge on any atom is -0.482 e. The fourth-order valence-corrected chi connectivity index (χ4v) is 2.14. The molecule has 0 spiro atoms. The van der Waals surface area contributed by atoms with E-state index in [2.05, 4.69) is 15.3 Å². The Hall–Kier alpha value is -3.75. The summed E-state index contributed by atoms with van der Waals surface area (Å²) in [6.07, 6.45) is 1.41. The molecule has 27 heavy (non-hydrogen) atoms. The summed E-state index contributed by atoms with van der Waals surface area (Å²) in [5, 5.41) is 14.8. The van der Waals surface area contributed by atoms with Crippen molar-refractivity contribution in [2.24, 2.45) is 5.10 Å². The first kappa shape index (κ1) is 19.6. The number of nitro groups is 1. The molecule has 0 radical (unpaired) electrons. The summed E-state index contributed by atoms with van der Waals surface area (Å²) in [5.74, 6) is -0.556. The average molecular weight is 371 g/mol. The number of methoxy groups -OCH3 is 1. The van der Waals surface area contributed by atoms with Crippen molar-refractivity contribution >= 4 is 23.8 Å². The number of hydrogen-bond acceptors (Lipinski definition) is 7. The SMILES string of the molecule is COC(=O)COc1ccc(/C=N\NC(=O)c2cccc([N+](=O)[O-])c2C)cc1. The molecular weight excluding hydrogens is 354 g/mol. The van der Waals surface area contributed by atoms with E-state index in [1.165, 1.54) is 38.4 Å². The first-order valence-electron chi connectivity index (χ1n) is 7.79. The molecule has 2 aromatic carbocycles. The van der Waals surface area contributed by atoms with Crippen molar-refractivity contribution in [2.75, 3.05) is 13.7 Å². The largest absolute Gasteiger partial charge is 0.482 e. The zero-order valence-corrected chi connectivity index (χ0v) is 14.7. The Bertz CT molecular complexity index is 877. The van der Waals surface area contributed by atoms with Gasteiger partial charge in [-0.2, -0.15) is 5.10 Å². The number of nitro benzene ring substituents is 1. The highest BCUT2D eigenvalue weighted by atomic mass is 16.6. The number of ether oxygens (including phenoxy) is 2. The standard InChI is InChI=1S/C18H17N3O6/c1-12-15(4-3-5-16(12)21(24)25)18(23)20-19-10-13-6-8-14(9-7-13)27-11-17(22)26-2/h3-10H,11H2,1-2H3,(H,20,23)/b19-10-. The van der Waals surface area contributed by atoms with Crippen molar-refractivity contribution in [3.63, 3.8) is 0 Å². The van der Waals surface area contributed by atoms with Gasteiger partial charge in [-0.3, -0.25) is 14.9 Å². The van der Waals surface area contributed by atoms with Crippen LogP contribution >= 0.6 is 0 Å². The summed E-state index contributed by atoms with van der Waals surface area (Å²) < 4.78 is 9.69. The van der Waals surface area contributed by atoms with E-state index in [0.29, 0.717) is 11.3 Å². The lowest BCUT2D eigenvalue weighted by atomic mass is 10.1. The fraction of sp³-hybridized carbons (Fsp3) is 0.167. The molecular formula is C18H17N3O6. The van der Waals surface area contributed by atoms with Crippen molar-refractivity contribution in [1.82, 2.24) is 5.43 Å². The van der Waals surface area contributed by atoms with Crippen molar-refractivity contribution in [1.29, 1.82) is 0 Å². The quantitative estimate of drug-likeness (QED) is 0.345. The molecule has 1 amide bonds. The van der Waals surface area contributed by atoms with Gasteiger partial charge in [0.1, 0.15) is 5.75 Å². The van der Waals surface area contributed by atoms with Crippen LogP contribution in [-0.2, 0) is 9.53 Å². The van der Waals surface area contributed by atoms with E-state index in [0.717, 1.165) is 0 Å². The second-order valence-electron chi connectivity index (χ2n) is 5.34. The Morgan fingerprint density at radius 1 is 1.22 bits per heavy atom. The van der Waals surface area contributed by atoms with Gasteiger partial charge in [0.05, 0.1) is 23.8 Å². The van der Waals surface area contributed by atoms with Gasteiger partial charge in [0, 0.05) is 11.6 Å². The van der Waals surface area contributed by atoms with Crippen LogP contribution in [0.1, 0.15) is 21.5 Å². The number of nitrogens with zero attached hydrogens (tertiary/aromatic N) is 2. The van der Waals surface area contributed by atoms with Gasteiger partial charge in [-0.25, -0.2) is 10.2 Å². The molecule has 0 saturated carbocycles. The molecule has 0 fully saturated rings. The van der Waals surface area contributed by atoms with Crippen LogP contribution < -0.4 is 10.2 Å². The third-order valence-corrected chi connectivity index (χ3v) is 3.59. The van der Waals surface area contributed by atoms with Crippen molar-refractivity contribution in [2.45, 2.75) is 6.92 Å². The number of benzene rings is 2. The van der Waals surface area contributed by atoms with E-state index in [4.69, 9.17) is 4.74 Å². The second kappa shape index (κ2) is 9.09. The highest BCUT2D eigenvalue weighted by Crippen LogP contribution is 2.20. The van der Waals surface area contributed by atoms with E-state index in [1.54, 1.807) is 24.3 Å². The van der Waals surface area contributed by atoms with Crippen LogP contribution in [0.3, 0.4) is 0 Å². The normalized spacial score (nSPS) is 10.4. The second-order valence-corrected chi connectivity index (χ2v) is 5.34. The first-order chi connectivity index (χ1) is 12.9. The molecule has 0 aliphatic heterocycles. The molecule has 2 rings (SSSR count). The topological polar surface area (TPSA) is 120 Å². The van der Waals surface area contributed by atoms with Crippen LogP contribution in [0.5, 0.6) is 5.75 Å². The van der Waals surface area contributed by atoms with Gasteiger partial charge in [0.25, 0.3) is 11.6 Å². The molecule has 0 aliphatic carbocycles. The lowest BCUT2D eigenvalue weighted by molar-refractivity contribution is -0.385. The van der Waals surface area contributed by atoms with E-state index in [9.17, 15) is 19.7 Å². The average Bonchev–Trinajstić information content (AvgIpc) is 2.66.